The van der Waals surface area contributed by atoms with Gasteiger partial charge in [0.25, 0.3) is 0 Å². The van der Waals surface area contributed by atoms with Crippen molar-refractivity contribution in [1.29, 1.82) is 0 Å². The van der Waals surface area contributed by atoms with Gasteiger partial charge in [-0.1, -0.05) is 114 Å². The number of rotatable bonds is 7. The smallest absolute Gasteiger partial charge is 0.501 e. The molecule has 4 aromatic heterocycles. The Morgan fingerprint density at radius 3 is 1.98 bits per heavy atom. The predicted octanol–water partition coefficient (Wildman–Crippen LogP) is 14.6. The minimum Gasteiger partial charge on any atom is -0.501 e. The average molecular weight is 1050 g/mol. The molecule has 0 amide bonds. The van der Waals surface area contributed by atoms with Crippen molar-refractivity contribution < 1.29 is 24.5 Å². The molecule has 1 fully saturated rings. The number of pyridine rings is 3. The summed E-state index contributed by atoms with van der Waals surface area (Å²) >= 11 is -1.80. The fourth-order valence-corrected chi connectivity index (χ4v) is 10.9. The second-order valence-corrected chi connectivity index (χ2v) is 28.1. The van der Waals surface area contributed by atoms with Gasteiger partial charge in [-0.05, 0) is 59.2 Å². The van der Waals surface area contributed by atoms with Crippen LogP contribution in [0.15, 0.2) is 156 Å². The molecule has 5 aromatic carbocycles. The number of aromatic nitrogens is 3. The van der Waals surface area contributed by atoms with Crippen molar-refractivity contribution in [3.8, 4) is 55.9 Å². The molecular formula is C56H51GeIrN3O-2. The summed E-state index contributed by atoms with van der Waals surface area (Å²) in [6, 6.07) is 56.0. The summed E-state index contributed by atoms with van der Waals surface area (Å²) in [5.41, 5.74) is 16.1. The van der Waals surface area contributed by atoms with E-state index in [1.165, 1.54) is 58.8 Å². The molecule has 0 spiro atoms. The minimum absolute atomic E-state index is 0. The summed E-state index contributed by atoms with van der Waals surface area (Å²) in [5.74, 6) is 7.78. The fraction of sp³-hybridized carbons (Fsp3) is 0.196. The molecule has 9 aromatic rings. The van der Waals surface area contributed by atoms with Crippen LogP contribution in [-0.4, -0.2) is 28.2 Å². The molecule has 1 saturated carbocycles. The van der Waals surface area contributed by atoms with Gasteiger partial charge in [-0.2, -0.15) is 0 Å². The van der Waals surface area contributed by atoms with E-state index in [4.69, 9.17) is 9.40 Å². The third-order valence-electron chi connectivity index (χ3n) is 12.0. The molecule has 62 heavy (non-hydrogen) atoms. The molecule has 0 bridgehead atoms. The van der Waals surface area contributed by atoms with Gasteiger partial charge in [-0.3, -0.25) is 0 Å². The maximum absolute atomic E-state index is 6.61. The number of hydrogen-bond donors (Lipinski definition) is 0. The van der Waals surface area contributed by atoms with E-state index in [9.17, 15) is 0 Å². The maximum atomic E-state index is 6.61. The van der Waals surface area contributed by atoms with E-state index in [2.05, 4.69) is 173 Å². The zero-order chi connectivity index (χ0) is 41.9. The van der Waals surface area contributed by atoms with Crippen LogP contribution in [0.4, 0.5) is 0 Å². The van der Waals surface area contributed by atoms with Crippen molar-refractivity contribution in [2.45, 2.75) is 69.1 Å². The van der Waals surface area contributed by atoms with Crippen LogP contribution in [0.25, 0.3) is 77.8 Å². The molecule has 1 aliphatic rings. The second-order valence-electron chi connectivity index (χ2n) is 17.4. The second kappa shape index (κ2) is 18.9. The Bertz CT molecular complexity index is 2910. The first-order valence-electron chi connectivity index (χ1n) is 21.6. The molecule has 1 aliphatic carbocycles. The molecule has 0 atom stereocenters. The van der Waals surface area contributed by atoms with Gasteiger partial charge in [0.05, 0.1) is 5.58 Å². The van der Waals surface area contributed by atoms with Gasteiger partial charge in [-0.25, -0.2) is 0 Å². The Morgan fingerprint density at radius 1 is 0.613 bits per heavy atom. The third-order valence-corrected chi connectivity index (χ3v) is 16.2. The van der Waals surface area contributed by atoms with Crippen molar-refractivity contribution in [3.63, 3.8) is 0 Å². The summed E-state index contributed by atoms with van der Waals surface area (Å²) in [6.45, 7) is 4.06. The Balaban J connectivity index is 0.000000184. The van der Waals surface area contributed by atoms with E-state index in [-0.39, 0.29) is 20.1 Å². The molecule has 311 valence electrons. The van der Waals surface area contributed by atoms with Crippen LogP contribution >= 0.6 is 0 Å². The molecule has 0 aliphatic heterocycles. The monoisotopic (exact) mass is 1050 g/mol. The molecule has 6 heteroatoms. The van der Waals surface area contributed by atoms with Crippen molar-refractivity contribution in [2.75, 3.05) is 0 Å². The molecule has 0 saturated heterocycles. The van der Waals surface area contributed by atoms with E-state index in [0.29, 0.717) is 5.92 Å². The van der Waals surface area contributed by atoms with Crippen LogP contribution < -0.4 is 4.40 Å². The number of aryl methyl sites for hydroxylation is 2. The van der Waals surface area contributed by atoms with Gasteiger partial charge in [0.1, 0.15) is 5.58 Å². The third kappa shape index (κ3) is 9.46. The molecule has 1 radical (unpaired) electrons. The fourth-order valence-electron chi connectivity index (χ4n) is 8.70. The summed E-state index contributed by atoms with van der Waals surface area (Å²) in [4.78, 5) is 13.9. The SMILES string of the molecule is Cc1cc(-c2c[c-]c(-c3cc[c]([Ge]([CH3])([CH3])[CH3])cn3)cc2)cc(C)n1.[Ir].[c-]1cc(-c2ccccc2)c2c(oc3ccc(-c4ccccc4)cc32)c1-c1cc(C2CCCCC2)ccn1. The standard InChI is InChI=1S/C35H28NO.C21H23GeN2.Ir/c1-4-10-24(11-5-1)27-16-19-33-31(22-27)34-29(26-14-8-3-9-15-26)17-18-30(35(34)37-33)32-23-28(20-21-36-32)25-12-6-2-7-13-25;1-15-12-19(13-16(2)24-15)17-6-8-18(9-7-17)21-11-10-20(14-23-21)22(3,4)5;/h1,3-5,8-11,14-17,19-23,25H,2,6-7,12-13H2;6-8,10-14H,1-5H3;/q2*-1;. The van der Waals surface area contributed by atoms with E-state index in [1.54, 1.807) is 0 Å². The van der Waals surface area contributed by atoms with Crippen LogP contribution in [-0.2, 0) is 20.1 Å². The first-order valence-corrected chi connectivity index (χ1v) is 28.9. The van der Waals surface area contributed by atoms with Gasteiger partial charge < -0.3 is 9.40 Å². The Labute approximate surface area is 382 Å². The van der Waals surface area contributed by atoms with Crippen molar-refractivity contribution in [1.82, 2.24) is 15.0 Å². The van der Waals surface area contributed by atoms with Crippen LogP contribution in [0.2, 0.25) is 17.3 Å². The van der Waals surface area contributed by atoms with Crippen molar-refractivity contribution in [3.05, 3.63) is 181 Å². The van der Waals surface area contributed by atoms with Gasteiger partial charge in [0.2, 0.25) is 0 Å². The Kier molecular flexibility index (Phi) is 13.2. The molecule has 0 unspecified atom stereocenters. The quantitative estimate of drug-likeness (QED) is 0.118. The van der Waals surface area contributed by atoms with E-state index in [1.807, 2.05) is 32.3 Å². The summed E-state index contributed by atoms with van der Waals surface area (Å²) < 4.78 is 8.03. The number of furan rings is 1. The van der Waals surface area contributed by atoms with Crippen LogP contribution in [0, 0.1) is 26.0 Å². The van der Waals surface area contributed by atoms with Gasteiger partial charge in [0.15, 0.2) is 0 Å². The zero-order valence-electron chi connectivity index (χ0n) is 36.1. The number of benzene rings is 5. The van der Waals surface area contributed by atoms with Gasteiger partial charge in [0, 0.05) is 31.7 Å². The van der Waals surface area contributed by atoms with Crippen molar-refractivity contribution in [2.24, 2.45) is 0 Å². The Hall–Kier alpha value is -5.46. The zero-order valence-corrected chi connectivity index (χ0v) is 40.6. The van der Waals surface area contributed by atoms with Gasteiger partial charge in [-0.15, -0.1) is 12.1 Å². The molecule has 0 N–H and O–H groups in total. The summed E-state index contributed by atoms with van der Waals surface area (Å²) in [6.07, 6.45) is 10.5. The minimum atomic E-state index is -1.80. The van der Waals surface area contributed by atoms with E-state index >= 15 is 0 Å². The van der Waals surface area contributed by atoms with Crippen molar-refractivity contribution >= 4 is 39.6 Å². The van der Waals surface area contributed by atoms with Crippen LogP contribution in [0.3, 0.4) is 0 Å². The summed E-state index contributed by atoms with van der Waals surface area (Å²) in [5, 5.41) is 2.24. The average Bonchev–Trinajstić information content (AvgIpc) is 3.68. The number of fused-ring (bicyclic) bond motifs is 3. The number of nitrogens with zero attached hydrogens (tertiary/aromatic N) is 3. The Morgan fingerprint density at radius 2 is 1.32 bits per heavy atom. The predicted molar refractivity (Wildman–Crippen MR) is 257 cm³/mol. The molecule has 4 nitrogen and oxygen atoms in total. The first-order chi connectivity index (χ1) is 29.7. The van der Waals surface area contributed by atoms with Gasteiger partial charge >= 0.3 is 147 Å². The number of hydrogen-bond acceptors (Lipinski definition) is 4. The van der Waals surface area contributed by atoms with E-state index < -0.39 is 13.3 Å². The van der Waals surface area contributed by atoms with E-state index in [0.717, 1.165) is 72.5 Å². The first kappa shape index (κ1) is 43.2. The topological polar surface area (TPSA) is 51.8 Å². The molecule has 4 heterocycles. The molecule has 10 rings (SSSR count). The molecular weight excluding hydrogens is 995 g/mol. The van der Waals surface area contributed by atoms with Crippen LogP contribution in [0.1, 0.15) is 55.0 Å². The summed E-state index contributed by atoms with van der Waals surface area (Å²) in [7, 11) is 0. The normalized spacial score (nSPS) is 13.0. The van der Waals surface area contributed by atoms with Crippen LogP contribution in [0.5, 0.6) is 0 Å².